The van der Waals surface area contributed by atoms with Crippen LogP contribution in [0.2, 0.25) is 5.22 Å². The number of furan rings is 1. The number of amides is 1. The molecule has 0 saturated carbocycles. The lowest BCUT2D eigenvalue weighted by Gasteiger charge is -2.15. The predicted octanol–water partition coefficient (Wildman–Crippen LogP) is 2.65. The Morgan fingerprint density at radius 1 is 1.39 bits per heavy atom. The summed E-state index contributed by atoms with van der Waals surface area (Å²) in [6, 6.07) is 6.55. The van der Waals surface area contributed by atoms with Crippen LogP contribution in [0.15, 0.2) is 34.9 Å². The highest BCUT2D eigenvalue weighted by molar-refractivity contribution is 6.29. The Kier molecular flexibility index (Phi) is 3.53. The number of nitrogens with zero attached hydrogens (tertiary/aromatic N) is 2. The van der Waals surface area contributed by atoms with Gasteiger partial charge >= 0.3 is 0 Å². The zero-order chi connectivity index (χ0) is 13.1. The van der Waals surface area contributed by atoms with E-state index in [9.17, 15) is 4.79 Å². The van der Waals surface area contributed by atoms with E-state index in [0.717, 1.165) is 0 Å². The first-order valence-electron chi connectivity index (χ1n) is 5.27. The number of rotatable bonds is 3. The average molecular weight is 266 g/mol. The molecule has 0 unspecified atom stereocenters. The van der Waals surface area contributed by atoms with Crippen molar-refractivity contribution in [2.75, 3.05) is 24.3 Å². The number of nitrogens with one attached hydrogen (secondary N) is 1. The van der Waals surface area contributed by atoms with E-state index in [-0.39, 0.29) is 16.9 Å². The fourth-order valence-corrected chi connectivity index (χ4v) is 1.62. The molecule has 94 valence electrons. The molecule has 0 aliphatic rings. The monoisotopic (exact) mass is 265 g/mol. The van der Waals surface area contributed by atoms with Crippen LogP contribution < -0.4 is 10.2 Å². The molecule has 0 fully saturated rings. The zero-order valence-electron chi connectivity index (χ0n) is 9.98. The molecule has 0 aliphatic carbocycles. The number of carbonyl (C=O) groups excluding carboxylic acids is 1. The lowest BCUT2D eigenvalue weighted by molar-refractivity contribution is 0.0997. The average Bonchev–Trinajstić information content (AvgIpc) is 2.76. The number of pyridine rings is 1. The molecule has 1 amide bonds. The van der Waals surface area contributed by atoms with E-state index in [1.165, 1.54) is 12.1 Å². The molecular weight excluding hydrogens is 254 g/mol. The minimum Gasteiger partial charge on any atom is -0.440 e. The molecular formula is C12H12ClN3O2. The summed E-state index contributed by atoms with van der Waals surface area (Å²) in [7, 11) is 3.70. The number of anilines is 2. The van der Waals surface area contributed by atoms with Crippen molar-refractivity contribution in [3.05, 3.63) is 41.4 Å². The van der Waals surface area contributed by atoms with Crippen LogP contribution >= 0.6 is 11.6 Å². The van der Waals surface area contributed by atoms with Gasteiger partial charge in [-0.1, -0.05) is 0 Å². The van der Waals surface area contributed by atoms with Crippen molar-refractivity contribution < 1.29 is 9.21 Å². The van der Waals surface area contributed by atoms with E-state index in [0.29, 0.717) is 11.5 Å². The van der Waals surface area contributed by atoms with E-state index in [2.05, 4.69) is 10.3 Å². The Balaban J connectivity index is 2.22. The molecule has 1 N–H and O–H groups in total. The van der Waals surface area contributed by atoms with E-state index in [1.807, 2.05) is 19.0 Å². The summed E-state index contributed by atoms with van der Waals surface area (Å²) >= 11 is 5.62. The topological polar surface area (TPSA) is 58.4 Å². The normalized spacial score (nSPS) is 10.2. The molecule has 0 bridgehead atoms. The highest BCUT2D eigenvalue weighted by atomic mass is 35.5. The third kappa shape index (κ3) is 2.62. The fourth-order valence-electron chi connectivity index (χ4n) is 1.47. The van der Waals surface area contributed by atoms with Gasteiger partial charge in [0.25, 0.3) is 5.91 Å². The van der Waals surface area contributed by atoms with Gasteiger partial charge < -0.3 is 14.6 Å². The minimum atomic E-state index is -0.363. The van der Waals surface area contributed by atoms with Gasteiger partial charge in [-0.15, -0.1) is 0 Å². The Labute approximate surface area is 109 Å². The molecule has 0 aliphatic heterocycles. The summed E-state index contributed by atoms with van der Waals surface area (Å²) in [6.07, 6.45) is 1.66. The van der Waals surface area contributed by atoms with E-state index >= 15 is 0 Å². The molecule has 2 heterocycles. The SMILES string of the molecule is CN(C)c1ncccc1NC(=O)c1ccc(Cl)o1. The second-order valence-corrected chi connectivity index (χ2v) is 4.20. The second-order valence-electron chi connectivity index (χ2n) is 3.83. The summed E-state index contributed by atoms with van der Waals surface area (Å²) in [6.45, 7) is 0. The van der Waals surface area contributed by atoms with Crippen molar-refractivity contribution in [3.63, 3.8) is 0 Å². The van der Waals surface area contributed by atoms with Gasteiger partial charge in [0.15, 0.2) is 16.8 Å². The van der Waals surface area contributed by atoms with Crippen molar-refractivity contribution in [2.45, 2.75) is 0 Å². The zero-order valence-corrected chi connectivity index (χ0v) is 10.7. The highest BCUT2D eigenvalue weighted by Crippen LogP contribution is 2.22. The van der Waals surface area contributed by atoms with Crippen molar-refractivity contribution in [2.24, 2.45) is 0 Å². The van der Waals surface area contributed by atoms with Gasteiger partial charge in [0.05, 0.1) is 5.69 Å². The van der Waals surface area contributed by atoms with Crippen LogP contribution in [0.4, 0.5) is 11.5 Å². The number of carbonyl (C=O) groups is 1. The first-order chi connectivity index (χ1) is 8.58. The van der Waals surface area contributed by atoms with Gasteiger partial charge in [0.1, 0.15) is 0 Å². The van der Waals surface area contributed by atoms with E-state index in [4.69, 9.17) is 16.0 Å². The third-order valence-electron chi connectivity index (χ3n) is 2.26. The molecule has 2 aromatic heterocycles. The second kappa shape index (κ2) is 5.10. The number of hydrogen-bond acceptors (Lipinski definition) is 4. The fraction of sp³-hybridized carbons (Fsp3) is 0.167. The maximum absolute atomic E-state index is 11.9. The maximum atomic E-state index is 11.9. The van der Waals surface area contributed by atoms with Crippen LogP contribution in [0.5, 0.6) is 0 Å². The lowest BCUT2D eigenvalue weighted by Crippen LogP contribution is -2.17. The highest BCUT2D eigenvalue weighted by Gasteiger charge is 2.13. The Morgan fingerprint density at radius 3 is 2.78 bits per heavy atom. The quantitative estimate of drug-likeness (QED) is 0.927. The Hall–Kier alpha value is -2.01. The van der Waals surface area contributed by atoms with Crippen molar-refractivity contribution in [1.29, 1.82) is 0 Å². The smallest absolute Gasteiger partial charge is 0.291 e. The maximum Gasteiger partial charge on any atom is 0.291 e. The van der Waals surface area contributed by atoms with Crippen LogP contribution in [-0.2, 0) is 0 Å². The van der Waals surface area contributed by atoms with E-state index < -0.39 is 0 Å². The number of hydrogen-bond donors (Lipinski definition) is 1. The van der Waals surface area contributed by atoms with Gasteiger partial charge in [-0.2, -0.15) is 0 Å². The van der Waals surface area contributed by atoms with E-state index in [1.54, 1.807) is 18.3 Å². The molecule has 6 heteroatoms. The molecule has 0 radical (unpaired) electrons. The van der Waals surface area contributed by atoms with Gasteiger partial charge in [0, 0.05) is 20.3 Å². The molecule has 5 nitrogen and oxygen atoms in total. The number of aromatic nitrogens is 1. The first-order valence-corrected chi connectivity index (χ1v) is 5.65. The van der Waals surface area contributed by atoms with Crippen molar-refractivity contribution in [1.82, 2.24) is 4.98 Å². The van der Waals surface area contributed by atoms with Gasteiger partial charge in [-0.25, -0.2) is 4.98 Å². The molecule has 18 heavy (non-hydrogen) atoms. The molecule has 2 rings (SSSR count). The van der Waals surface area contributed by atoms with Crippen LogP contribution in [0, 0.1) is 0 Å². The molecule has 0 spiro atoms. The third-order valence-corrected chi connectivity index (χ3v) is 2.46. The molecule has 0 saturated heterocycles. The Morgan fingerprint density at radius 2 is 2.17 bits per heavy atom. The largest absolute Gasteiger partial charge is 0.440 e. The van der Waals surface area contributed by atoms with Gasteiger partial charge in [-0.05, 0) is 35.9 Å². The lowest BCUT2D eigenvalue weighted by atomic mass is 10.3. The standard InChI is InChI=1S/C12H12ClN3O2/c1-16(2)11-8(4-3-7-14-11)15-12(17)9-5-6-10(13)18-9/h3-7H,1-2H3,(H,15,17). The van der Waals surface area contributed by atoms with Gasteiger partial charge in [0.2, 0.25) is 0 Å². The summed E-state index contributed by atoms with van der Waals surface area (Å²) in [5, 5.41) is 2.91. The molecule has 2 aromatic rings. The summed E-state index contributed by atoms with van der Waals surface area (Å²) < 4.78 is 5.04. The number of halogens is 1. The van der Waals surface area contributed by atoms with Crippen LogP contribution in [0.1, 0.15) is 10.6 Å². The van der Waals surface area contributed by atoms with Gasteiger partial charge in [-0.3, -0.25) is 4.79 Å². The van der Waals surface area contributed by atoms with Crippen LogP contribution in [0.25, 0.3) is 0 Å². The summed E-state index contributed by atoms with van der Waals surface area (Å²) in [5.74, 6) is 0.468. The van der Waals surface area contributed by atoms with Crippen LogP contribution in [0.3, 0.4) is 0 Å². The predicted molar refractivity (Wildman–Crippen MR) is 70.2 cm³/mol. The molecule has 0 atom stereocenters. The minimum absolute atomic E-state index is 0.161. The summed E-state index contributed by atoms with van der Waals surface area (Å²) in [5.41, 5.74) is 0.611. The Bertz CT molecular complexity index is 566. The molecule has 0 aromatic carbocycles. The summed E-state index contributed by atoms with van der Waals surface area (Å²) in [4.78, 5) is 17.9. The first kappa shape index (κ1) is 12.4. The van der Waals surface area contributed by atoms with Crippen molar-refractivity contribution >= 4 is 29.0 Å². The van der Waals surface area contributed by atoms with Crippen LogP contribution in [-0.4, -0.2) is 25.0 Å². The van der Waals surface area contributed by atoms with Crippen molar-refractivity contribution in [3.8, 4) is 0 Å².